The molecule has 6 heteroatoms. The molecule has 0 bridgehead atoms. The van der Waals surface area contributed by atoms with E-state index < -0.39 is 11.5 Å². The molecule has 24 heavy (non-hydrogen) atoms. The first-order chi connectivity index (χ1) is 11.1. The quantitative estimate of drug-likeness (QED) is 0.723. The minimum absolute atomic E-state index is 0.0584. The van der Waals surface area contributed by atoms with Gasteiger partial charge in [-0.1, -0.05) is 0 Å². The van der Waals surface area contributed by atoms with E-state index in [0.29, 0.717) is 11.5 Å². The lowest BCUT2D eigenvalue weighted by molar-refractivity contribution is -0.153. The number of hydrogen-bond donors (Lipinski definition) is 0. The van der Waals surface area contributed by atoms with Crippen molar-refractivity contribution >= 4 is 6.09 Å². The van der Waals surface area contributed by atoms with Gasteiger partial charge in [0.15, 0.2) is 0 Å². The zero-order valence-corrected chi connectivity index (χ0v) is 15.1. The molecule has 0 aromatic rings. The number of rotatable bonds is 1. The molecule has 3 fully saturated rings. The second kappa shape index (κ2) is 6.11. The third-order valence-electron chi connectivity index (χ3n) is 5.88. The zero-order valence-electron chi connectivity index (χ0n) is 15.1. The maximum atomic E-state index is 13.0. The molecule has 0 unspecified atom stereocenters. The van der Waals surface area contributed by atoms with Crippen LogP contribution in [0, 0.1) is 5.41 Å². The molecule has 4 nitrogen and oxygen atoms in total. The van der Waals surface area contributed by atoms with Crippen LogP contribution in [0.5, 0.6) is 0 Å². The molecule has 2 saturated heterocycles. The predicted molar refractivity (Wildman–Crippen MR) is 88.3 cm³/mol. The number of carbonyl (C=O) groups is 1. The van der Waals surface area contributed by atoms with Gasteiger partial charge in [-0.2, -0.15) is 0 Å². The fourth-order valence-corrected chi connectivity index (χ4v) is 4.38. The van der Waals surface area contributed by atoms with Crippen molar-refractivity contribution in [3.63, 3.8) is 0 Å². The topological polar surface area (TPSA) is 32.8 Å². The second-order valence-electron chi connectivity index (χ2n) is 8.96. The highest BCUT2D eigenvalue weighted by atomic mass is 19.3. The largest absolute Gasteiger partial charge is 0.444 e. The summed E-state index contributed by atoms with van der Waals surface area (Å²) in [7, 11) is 0. The van der Waals surface area contributed by atoms with Gasteiger partial charge in [-0.15, -0.1) is 0 Å². The number of ether oxygens (including phenoxy) is 1. The molecule has 0 aromatic heterocycles. The highest BCUT2D eigenvalue weighted by Gasteiger charge is 2.48. The lowest BCUT2D eigenvalue weighted by atomic mass is 9.66. The molecular weight excluding hydrogens is 314 g/mol. The van der Waals surface area contributed by atoms with Gasteiger partial charge in [0.05, 0.1) is 13.1 Å². The minimum atomic E-state index is -2.46. The van der Waals surface area contributed by atoms with Crippen LogP contribution in [0.2, 0.25) is 0 Å². The van der Waals surface area contributed by atoms with Crippen molar-refractivity contribution in [2.75, 3.05) is 26.2 Å². The van der Waals surface area contributed by atoms with Gasteiger partial charge in [-0.05, 0) is 64.7 Å². The Morgan fingerprint density at radius 2 is 1.58 bits per heavy atom. The van der Waals surface area contributed by atoms with Crippen molar-refractivity contribution in [2.45, 2.75) is 76.9 Å². The summed E-state index contributed by atoms with van der Waals surface area (Å²) in [4.78, 5) is 15.9. The fourth-order valence-electron chi connectivity index (χ4n) is 4.38. The van der Waals surface area contributed by atoms with Crippen molar-refractivity contribution in [3.8, 4) is 0 Å². The number of alkyl halides is 2. The molecule has 2 heterocycles. The van der Waals surface area contributed by atoms with E-state index in [9.17, 15) is 13.6 Å². The Balaban J connectivity index is 1.45. The van der Waals surface area contributed by atoms with Crippen molar-refractivity contribution in [1.82, 2.24) is 9.80 Å². The maximum Gasteiger partial charge on any atom is 0.410 e. The molecule has 1 amide bonds. The van der Waals surface area contributed by atoms with E-state index in [1.54, 1.807) is 0 Å². The highest BCUT2D eigenvalue weighted by molar-refractivity contribution is 5.68. The van der Waals surface area contributed by atoms with Crippen LogP contribution in [0.1, 0.15) is 59.3 Å². The van der Waals surface area contributed by atoms with Crippen LogP contribution in [0.4, 0.5) is 13.6 Å². The Bertz CT molecular complexity index is 464. The van der Waals surface area contributed by atoms with Crippen molar-refractivity contribution in [1.29, 1.82) is 0 Å². The third kappa shape index (κ3) is 4.01. The number of piperidine rings is 1. The average Bonchev–Trinajstić information content (AvgIpc) is 2.44. The number of amides is 1. The normalized spacial score (nSPS) is 27.8. The molecule has 0 atom stereocenters. The van der Waals surface area contributed by atoms with Crippen LogP contribution in [0.25, 0.3) is 0 Å². The summed E-state index contributed by atoms with van der Waals surface area (Å²) < 4.78 is 31.5. The lowest BCUT2D eigenvalue weighted by Gasteiger charge is -2.50. The molecule has 0 radical (unpaired) electrons. The van der Waals surface area contributed by atoms with Crippen LogP contribution in [-0.4, -0.2) is 59.6 Å². The summed E-state index contributed by atoms with van der Waals surface area (Å²) in [5.74, 6) is -2.46. The van der Waals surface area contributed by atoms with Crippen LogP contribution in [-0.2, 0) is 4.74 Å². The van der Waals surface area contributed by atoms with Gasteiger partial charge in [0.25, 0.3) is 5.92 Å². The standard InChI is InChI=1S/C18H30F2N2O2/c1-16(2,3)24-15(23)21-10-8-17(9-11-21)6-4-14(5-7-17)22-12-18(19,20)13-22/h14H,4-13H2,1-3H3. The molecular formula is C18H30F2N2O2. The molecule has 1 saturated carbocycles. The third-order valence-corrected chi connectivity index (χ3v) is 5.88. The molecule has 0 N–H and O–H groups in total. The zero-order chi connectivity index (χ0) is 17.6. The van der Waals surface area contributed by atoms with E-state index in [1.165, 1.54) is 0 Å². The number of nitrogens with zero attached hydrogens (tertiary/aromatic N) is 2. The molecule has 3 rings (SSSR count). The Morgan fingerprint density at radius 3 is 2.04 bits per heavy atom. The summed E-state index contributed by atoms with van der Waals surface area (Å²) in [6.07, 6.45) is 6.04. The lowest BCUT2D eigenvalue weighted by Crippen LogP contribution is -2.61. The summed E-state index contributed by atoms with van der Waals surface area (Å²) in [5, 5.41) is 0. The fraction of sp³-hybridized carbons (Fsp3) is 0.944. The smallest absolute Gasteiger partial charge is 0.410 e. The molecule has 1 spiro atoms. The van der Waals surface area contributed by atoms with E-state index >= 15 is 0 Å². The number of hydrogen-bond acceptors (Lipinski definition) is 3. The van der Waals surface area contributed by atoms with Gasteiger partial charge in [-0.3, -0.25) is 4.90 Å². The summed E-state index contributed by atoms with van der Waals surface area (Å²) in [5.41, 5.74) is -0.147. The van der Waals surface area contributed by atoms with Gasteiger partial charge in [0.1, 0.15) is 5.60 Å². The van der Waals surface area contributed by atoms with Crippen LogP contribution in [0.3, 0.4) is 0 Å². The molecule has 2 aliphatic heterocycles. The SMILES string of the molecule is CC(C)(C)OC(=O)N1CCC2(CCC(N3CC(F)(F)C3)CC2)CC1. The van der Waals surface area contributed by atoms with Gasteiger partial charge in [0, 0.05) is 19.1 Å². The average molecular weight is 344 g/mol. The number of halogens is 2. The Morgan fingerprint density at radius 1 is 1.04 bits per heavy atom. The van der Waals surface area contributed by atoms with Crippen LogP contribution < -0.4 is 0 Å². The number of likely N-dealkylation sites (tertiary alicyclic amines) is 2. The van der Waals surface area contributed by atoms with Gasteiger partial charge < -0.3 is 9.64 Å². The van der Waals surface area contributed by atoms with E-state index in [1.807, 2.05) is 30.6 Å². The van der Waals surface area contributed by atoms with E-state index in [2.05, 4.69) is 0 Å². The highest BCUT2D eigenvalue weighted by Crippen LogP contribution is 2.47. The Hall–Kier alpha value is -0.910. The van der Waals surface area contributed by atoms with Gasteiger partial charge in [0.2, 0.25) is 0 Å². The minimum Gasteiger partial charge on any atom is -0.444 e. The molecule has 138 valence electrons. The molecule has 3 aliphatic rings. The second-order valence-corrected chi connectivity index (χ2v) is 8.96. The first kappa shape index (κ1) is 17.9. The maximum absolute atomic E-state index is 13.0. The predicted octanol–water partition coefficient (Wildman–Crippen LogP) is 3.90. The van der Waals surface area contributed by atoms with Crippen LogP contribution in [0.15, 0.2) is 0 Å². The van der Waals surface area contributed by atoms with Crippen molar-refractivity contribution in [3.05, 3.63) is 0 Å². The van der Waals surface area contributed by atoms with Gasteiger partial charge in [-0.25, -0.2) is 13.6 Å². The van der Waals surface area contributed by atoms with E-state index in [-0.39, 0.29) is 19.2 Å². The summed E-state index contributed by atoms with van der Waals surface area (Å²) in [6.45, 7) is 7.04. The summed E-state index contributed by atoms with van der Waals surface area (Å²) >= 11 is 0. The monoisotopic (exact) mass is 344 g/mol. The Labute approximate surface area is 143 Å². The van der Waals surface area contributed by atoms with Crippen molar-refractivity contribution in [2.24, 2.45) is 5.41 Å². The first-order valence-electron chi connectivity index (χ1n) is 9.17. The van der Waals surface area contributed by atoms with Crippen LogP contribution >= 0.6 is 0 Å². The first-order valence-corrected chi connectivity index (χ1v) is 9.17. The summed E-state index contributed by atoms with van der Waals surface area (Å²) in [6, 6.07) is 0.333. The van der Waals surface area contributed by atoms with E-state index in [4.69, 9.17) is 4.74 Å². The Kier molecular flexibility index (Phi) is 4.56. The van der Waals surface area contributed by atoms with Crippen molar-refractivity contribution < 1.29 is 18.3 Å². The van der Waals surface area contributed by atoms with E-state index in [0.717, 1.165) is 51.6 Å². The molecule has 1 aliphatic carbocycles. The molecule has 0 aromatic carbocycles. The number of carbonyl (C=O) groups excluding carboxylic acids is 1. The van der Waals surface area contributed by atoms with Gasteiger partial charge >= 0.3 is 6.09 Å².